The Bertz CT molecular complexity index is 1200. The van der Waals surface area contributed by atoms with Gasteiger partial charge in [0.25, 0.3) is 0 Å². The molecule has 0 aliphatic heterocycles. The minimum atomic E-state index is -1.89. The Morgan fingerprint density at radius 1 is 0.429 bits per heavy atom. The quantitative estimate of drug-likeness (QED) is 0.207. The average Bonchev–Trinajstić information content (AvgIpc) is 2.93. The minimum absolute atomic E-state index is 0. The Balaban J connectivity index is 0.00000289. The van der Waals surface area contributed by atoms with Crippen LogP contribution in [0.1, 0.15) is 11.1 Å². The molecule has 0 unspecified atom stereocenters. The molecule has 0 N–H and O–H groups in total. The predicted octanol–water partition coefficient (Wildman–Crippen LogP) is 7.18. The molecule has 0 saturated carbocycles. The first-order chi connectivity index (χ1) is 16.8. The number of hydrogen-bond donors (Lipinski definition) is 0. The fraction of sp³-hybridized carbons (Fsp3) is 0.0625. The summed E-state index contributed by atoms with van der Waals surface area (Å²) in [4.78, 5) is 0. The predicted molar refractivity (Wildman–Crippen MR) is 153 cm³/mol. The van der Waals surface area contributed by atoms with Crippen molar-refractivity contribution in [1.29, 1.82) is 0 Å². The van der Waals surface area contributed by atoms with Crippen LogP contribution in [-0.4, -0.2) is 0 Å². The van der Waals surface area contributed by atoms with E-state index in [2.05, 4.69) is 127 Å². The highest BCUT2D eigenvalue weighted by atomic mass is 35.5. The minimum Gasteiger partial charge on any atom is -0.489 e. The zero-order chi connectivity index (χ0) is 23.1. The maximum atomic E-state index is 6.04. The third-order valence-electron chi connectivity index (χ3n) is 6.18. The first-order valence-electron chi connectivity index (χ1n) is 11.7. The molecule has 0 spiro atoms. The lowest BCUT2D eigenvalue weighted by Crippen LogP contribution is -2.32. The van der Waals surface area contributed by atoms with Crippen LogP contribution in [0.4, 0.5) is 0 Å². The van der Waals surface area contributed by atoms with Crippen molar-refractivity contribution in [3.8, 4) is 5.75 Å². The molecule has 0 saturated heterocycles. The van der Waals surface area contributed by atoms with Crippen LogP contribution in [0.25, 0.3) is 0 Å². The lowest BCUT2D eigenvalue weighted by Gasteiger charge is -2.28. The van der Waals surface area contributed by atoms with Gasteiger partial charge in [0.1, 0.15) is 35.5 Å². The zero-order valence-electron chi connectivity index (χ0n) is 19.5. The molecule has 0 radical (unpaired) electrons. The second-order valence-corrected chi connectivity index (χ2v) is 11.9. The van der Waals surface area contributed by atoms with Gasteiger partial charge < -0.3 is 4.74 Å². The molecule has 5 rings (SSSR count). The van der Waals surface area contributed by atoms with Crippen LogP contribution in [-0.2, 0) is 12.8 Å². The topological polar surface area (TPSA) is 9.23 Å². The van der Waals surface area contributed by atoms with Gasteiger partial charge in [0.05, 0.1) is 6.16 Å². The highest BCUT2D eigenvalue weighted by Crippen LogP contribution is 2.58. The van der Waals surface area contributed by atoms with Crippen molar-refractivity contribution >= 4 is 35.6 Å². The van der Waals surface area contributed by atoms with Crippen LogP contribution in [0.3, 0.4) is 0 Å². The van der Waals surface area contributed by atoms with Gasteiger partial charge in [0.2, 0.25) is 0 Å². The van der Waals surface area contributed by atoms with Gasteiger partial charge in [-0.2, -0.15) is 0 Å². The lowest BCUT2D eigenvalue weighted by molar-refractivity contribution is 0.306. The molecule has 0 bridgehead atoms. The van der Waals surface area contributed by atoms with E-state index < -0.39 is 7.26 Å². The van der Waals surface area contributed by atoms with Crippen LogP contribution < -0.4 is 20.7 Å². The summed E-state index contributed by atoms with van der Waals surface area (Å²) >= 11 is 0. The first-order valence-corrected chi connectivity index (χ1v) is 13.6. The summed E-state index contributed by atoms with van der Waals surface area (Å²) in [5.41, 5.74) is 2.49. The van der Waals surface area contributed by atoms with Gasteiger partial charge in [0.15, 0.2) is 0 Å². The van der Waals surface area contributed by atoms with Gasteiger partial charge in [0, 0.05) is 0 Å². The van der Waals surface area contributed by atoms with Gasteiger partial charge in [-0.3, -0.25) is 0 Å². The standard InChI is InChI=1S/C32H28OP.ClH/c1-5-13-27(14-6-1)25-33-29-23-21-28(22-24-29)26-34(30-15-7-2-8-16-30,31-17-9-3-10-18-31)32-19-11-4-12-20-32;/h1-24H,25-26H2;1H/q+1;. The average molecular weight is 496 g/mol. The Morgan fingerprint density at radius 2 is 0.829 bits per heavy atom. The van der Waals surface area contributed by atoms with E-state index in [4.69, 9.17) is 4.74 Å². The van der Waals surface area contributed by atoms with E-state index in [1.54, 1.807) is 0 Å². The second kappa shape index (κ2) is 11.8. The van der Waals surface area contributed by atoms with Crippen LogP contribution in [0.2, 0.25) is 0 Å². The molecule has 3 heteroatoms. The monoisotopic (exact) mass is 495 g/mol. The van der Waals surface area contributed by atoms with Crippen molar-refractivity contribution in [3.05, 3.63) is 157 Å². The molecule has 1 nitrogen and oxygen atoms in total. The first kappa shape index (κ1) is 24.7. The fourth-order valence-electron chi connectivity index (χ4n) is 4.47. The maximum Gasteiger partial charge on any atom is 0.119 e. The molecule has 0 aromatic heterocycles. The van der Waals surface area contributed by atoms with Crippen molar-refractivity contribution in [2.24, 2.45) is 0 Å². The molecule has 0 heterocycles. The molecule has 0 aliphatic carbocycles. The van der Waals surface area contributed by atoms with Gasteiger partial charge in [-0.25, -0.2) is 0 Å². The summed E-state index contributed by atoms with van der Waals surface area (Å²) in [6.45, 7) is 0.579. The summed E-state index contributed by atoms with van der Waals surface area (Å²) in [6.07, 6.45) is 0.962. The molecule has 174 valence electrons. The third-order valence-corrected chi connectivity index (χ3v) is 10.6. The third kappa shape index (κ3) is 5.65. The highest BCUT2D eigenvalue weighted by molar-refractivity contribution is 7.95. The normalized spacial score (nSPS) is 10.9. The van der Waals surface area contributed by atoms with Crippen LogP contribution >= 0.6 is 19.7 Å². The van der Waals surface area contributed by atoms with Crippen LogP contribution in [0.15, 0.2) is 146 Å². The Hall–Kier alpha value is -3.38. The molecular weight excluding hydrogens is 467 g/mol. The smallest absolute Gasteiger partial charge is 0.119 e. The van der Waals surface area contributed by atoms with E-state index in [0.717, 1.165) is 11.9 Å². The van der Waals surface area contributed by atoms with Crippen molar-refractivity contribution in [3.63, 3.8) is 0 Å². The summed E-state index contributed by atoms with van der Waals surface area (Å²) < 4.78 is 6.04. The van der Waals surface area contributed by atoms with Crippen molar-refractivity contribution in [1.82, 2.24) is 0 Å². The second-order valence-electron chi connectivity index (χ2n) is 8.39. The van der Waals surface area contributed by atoms with Crippen LogP contribution in [0.5, 0.6) is 5.75 Å². The van der Waals surface area contributed by atoms with E-state index in [-0.39, 0.29) is 12.4 Å². The van der Waals surface area contributed by atoms with E-state index in [0.29, 0.717) is 6.61 Å². The summed E-state index contributed by atoms with van der Waals surface area (Å²) in [7, 11) is -1.89. The van der Waals surface area contributed by atoms with Gasteiger partial charge >= 0.3 is 0 Å². The molecule has 35 heavy (non-hydrogen) atoms. The van der Waals surface area contributed by atoms with E-state index >= 15 is 0 Å². The molecule has 5 aromatic carbocycles. The molecule has 0 fully saturated rings. The van der Waals surface area contributed by atoms with Gasteiger partial charge in [-0.1, -0.05) is 97.1 Å². The molecular formula is C32H29ClOP+. The van der Waals surface area contributed by atoms with Crippen molar-refractivity contribution in [2.45, 2.75) is 12.8 Å². The van der Waals surface area contributed by atoms with Gasteiger partial charge in [-0.05, 0) is 59.7 Å². The van der Waals surface area contributed by atoms with Crippen molar-refractivity contribution in [2.75, 3.05) is 0 Å². The molecule has 5 aromatic rings. The molecule has 0 aliphatic rings. The van der Waals surface area contributed by atoms with E-state index in [9.17, 15) is 0 Å². The fourth-order valence-corrected chi connectivity index (χ4v) is 8.72. The summed E-state index contributed by atoms with van der Waals surface area (Å²) in [5, 5.41) is 4.20. The van der Waals surface area contributed by atoms with Crippen LogP contribution in [0, 0.1) is 0 Å². The molecule has 0 amide bonds. The SMILES string of the molecule is Cl.c1ccc(COc2ccc(C[P+](c3ccccc3)(c3ccccc3)c3ccccc3)cc2)cc1. The van der Waals surface area contributed by atoms with Gasteiger partial charge in [-0.15, -0.1) is 12.4 Å². The Morgan fingerprint density at radius 3 is 1.26 bits per heavy atom. The Kier molecular flexibility index (Phi) is 8.37. The lowest BCUT2D eigenvalue weighted by atomic mass is 10.2. The van der Waals surface area contributed by atoms with Crippen molar-refractivity contribution < 1.29 is 4.74 Å². The number of halogens is 1. The summed E-state index contributed by atoms with van der Waals surface area (Å²) in [6, 6.07) is 52.0. The highest BCUT2D eigenvalue weighted by Gasteiger charge is 2.45. The number of benzene rings is 5. The maximum absolute atomic E-state index is 6.04. The summed E-state index contributed by atoms with van der Waals surface area (Å²) in [5.74, 6) is 0.899. The number of hydrogen-bond acceptors (Lipinski definition) is 1. The number of rotatable bonds is 8. The largest absolute Gasteiger partial charge is 0.489 e. The van der Waals surface area contributed by atoms with E-state index in [1.807, 2.05) is 18.2 Å². The Labute approximate surface area is 215 Å². The van der Waals surface area contributed by atoms with E-state index in [1.165, 1.54) is 27.0 Å². The zero-order valence-corrected chi connectivity index (χ0v) is 21.2. The number of ether oxygens (including phenoxy) is 1. The molecule has 0 atom stereocenters.